The Morgan fingerprint density at radius 3 is 3.05 bits per heavy atom. The first-order valence-corrected chi connectivity index (χ1v) is 5.85. The molecule has 1 aromatic carbocycles. The van der Waals surface area contributed by atoms with Crippen molar-refractivity contribution in [2.24, 2.45) is 0 Å². The molecule has 3 aromatic rings. The summed E-state index contributed by atoms with van der Waals surface area (Å²) in [4.78, 5) is 4.41. The SMILES string of the molecule is Fc1cccc(C#CCc2ccn3nccc3n2)c1. The number of fused-ring (bicyclic) bond motifs is 1. The number of hydrogen-bond donors (Lipinski definition) is 0. The van der Waals surface area contributed by atoms with Crippen LogP contribution in [0.15, 0.2) is 48.8 Å². The van der Waals surface area contributed by atoms with Gasteiger partial charge in [0.05, 0.1) is 18.3 Å². The molecule has 0 bridgehead atoms. The first kappa shape index (κ1) is 11.4. The standard InChI is InChI=1S/C15H10FN3/c16-13-5-1-3-12(11-13)4-2-6-14-8-10-19-15(18-14)7-9-17-19/h1,3,5,7-11H,6H2. The fraction of sp³-hybridized carbons (Fsp3) is 0.0667. The molecule has 2 heterocycles. The molecular weight excluding hydrogens is 241 g/mol. The molecule has 0 unspecified atom stereocenters. The van der Waals surface area contributed by atoms with Gasteiger partial charge in [-0.2, -0.15) is 5.10 Å². The van der Waals surface area contributed by atoms with Crippen molar-refractivity contribution in [3.63, 3.8) is 0 Å². The Morgan fingerprint density at radius 1 is 1.21 bits per heavy atom. The van der Waals surface area contributed by atoms with Gasteiger partial charge in [0.15, 0.2) is 5.65 Å². The van der Waals surface area contributed by atoms with E-state index in [9.17, 15) is 4.39 Å². The average molecular weight is 251 g/mol. The number of benzene rings is 1. The first-order chi connectivity index (χ1) is 9.31. The Morgan fingerprint density at radius 2 is 2.16 bits per heavy atom. The summed E-state index contributed by atoms with van der Waals surface area (Å²) in [6, 6.07) is 9.96. The van der Waals surface area contributed by atoms with Gasteiger partial charge in [-0.25, -0.2) is 13.9 Å². The topological polar surface area (TPSA) is 30.2 Å². The van der Waals surface area contributed by atoms with Crippen molar-refractivity contribution < 1.29 is 4.39 Å². The first-order valence-electron chi connectivity index (χ1n) is 5.85. The molecule has 4 heteroatoms. The minimum absolute atomic E-state index is 0.273. The van der Waals surface area contributed by atoms with E-state index in [4.69, 9.17) is 0 Å². The van der Waals surface area contributed by atoms with Crippen molar-refractivity contribution >= 4 is 5.65 Å². The summed E-state index contributed by atoms with van der Waals surface area (Å²) in [6.07, 6.45) is 4.07. The van der Waals surface area contributed by atoms with Crippen LogP contribution in [0.1, 0.15) is 11.3 Å². The lowest BCUT2D eigenvalue weighted by Gasteiger charge is -1.95. The molecule has 0 amide bonds. The molecule has 0 radical (unpaired) electrons. The molecule has 19 heavy (non-hydrogen) atoms. The largest absolute Gasteiger partial charge is 0.233 e. The number of rotatable bonds is 1. The smallest absolute Gasteiger partial charge is 0.155 e. The maximum atomic E-state index is 13.0. The average Bonchev–Trinajstić information content (AvgIpc) is 2.86. The van der Waals surface area contributed by atoms with E-state index in [1.807, 2.05) is 18.3 Å². The third-order valence-electron chi connectivity index (χ3n) is 2.64. The normalized spacial score (nSPS) is 10.2. The van der Waals surface area contributed by atoms with Crippen LogP contribution in [0.5, 0.6) is 0 Å². The Kier molecular flexibility index (Phi) is 2.95. The van der Waals surface area contributed by atoms with Crippen LogP contribution in [0.3, 0.4) is 0 Å². The molecule has 0 N–H and O–H groups in total. The second kappa shape index (κ2) is 4.91. The molecule has 0 saturated heterocycles. The van der Waals surface area contributed by atoms with Gasteiger partial charge in [-0.3, -0.25) is 0 Å². The summed E-state index contributed by atoms with van der Waals surface area (Å²) in [5, 5.41) is 4.07. The van der Waals surface area contributed by atoms with E-state index in [1.165, 1.54) is 12.1 Å². The molecule has 0 aliphatic carbocycles. The quantitative estimate of drug-likeness (QED) is 0.622. The highest BCUT2D eigenvalue weighted by Crippen LogP contribution is 2.03. The number of hydrogen-bond acceptors (Lipinski definition) is 2. The van der Waals surface area contributed by atoms with Gasteiger partial charge in [-0.1, -0.05) is 17.9 Å². The third-order valence-corrected chi connectivity index (χ3v) is 2.64. The van der Waals surface area contributed by atoms with Gasteiger partial charge in [0.1, 0.15) is 5.82 Å². The summed E-state index contributed by atoms with van der Waals surface area (Å²) >= 11 is 0. The van der Waals surface area contributed by atoms with E-state index in [0.29, 0.717) is 12.0 Å². The second-order valence-corrected chi connectivity index (χ2v) is 4.04. The lowest BCUT2D eigenvalue weighted by molar-refractivity contribution is 0.627. The third kappa shape index (κ3) is 2.61. The van der Waals surface area contributed by atoms with Gasteiger partial charge >= 0.3 is 0 Å². The van der Waals surface area contributed by atoms with Crippen LogP contribution >= 0.6 is 0 Å². The molecule has 0 aliphatic heterocycles. The highest BCUT2D eigenvalue weighted by Gasteiger charge is 1.96. The molecule has 0 spiro atoms. The van der Waals surface area contributed by atoms with Crippen LogP contribution in [0, 0.1) is 17.7 Å². The monoisotopic (exact) mass is 251 g/mol. The van der Waals surface area contributed by atoms with Crippen molar-refractivity contribution in [2.75, 3.05) is 0 Å². The van der Waals surface area contributed by atoms with Crippen LogP contribution in [0.4, 0.5) is 4.39 Å². The molecule has 0 aliphatic rings. The number of halogens is 1. The summed E-state index contributed by atoms with van der Waals surface area (Å²) in [5.74, 6) is 5.64. The highest BCUT2D eigenvalue weighted by atomic mass is 19.1. The fourth-order valence-electron chi connectivity index (χ4n) is 1.75. The Hall–Kier alpha value is -2.67. The van der Waals surface area contributed by atoms with Gasteiger partial charge < -0.3 is 0 Å². The van der Waals surface area contributed by atoms with Gasteiger partial charge in [0.25, 0.3) is 0 Å². The van der Waals surface area contributed by atoms with Gasteiger partial charge in [-0.15, -0.1) is 0 Å². The van der Waals surface area contributed by atoms with Crippen molar-refractivity contribution in [3.8, 4) is 11.8 Å². The summed E-state index contributed by atoms with van der Waals surface area (Å²) in [5.41, 5.74) is 2.34. The molecular formula is C15H10FN3. The van der Waals surface area contributed by atoms with Gasteiger partial charge in [0.2, 0.25) is 0 Å². The van der Waals surface area contributed by atoms with E-state index in [2.05, 4.69) is 21.9 Å². The minimum Gasteiger partial charge on any atom is -0.233 e. The summed E-state index contributed by atoms with van der Waals surface area (Å²) in [7, 11) is 0. The molecule has 0 atom stereocenters. The second-order valence-electron chi connectivity index (χ2n) is 4.04. The lowest BCUT2D eigenvalue weighted by Crippen LogP contribution is -1.93. The van der Waals surface area contributed by atoms with E-state index < -0.39 is 0 Å². The Bertz CT molecular complexity index is 780. The predicted molar refractivity (Wildman–Crippen MR) is 70.0 cm³/mol. The zero-order chi connectivity index (χ0) is 13.1. The van der Waals surface area contributed by atoms with E-state index in [0.717, 1.165) is 11.3 Å². The minimum atomic E-state index is -0.273. The van der Waals surface area contributed by atoms with E-state index in [-0.39, 0.29) is 5.82 Å². The van der Waals surface area contributed by atoms with E-state index >= 15 is 0 Å². The van der Waals surface area contributed by atoms with Crippen LogP contribution in [0.25, 0.3) is 5.65 Å². The molecule has 0 saturated carbocycles. The zero-order valence-electron chi connectivity index (χ0n) is 10.0. The van der Waals surface area contributed by atoms with Crippen LogP contribution < -0.4 is 0 Å². The fourth-order valence-corrected chi connectivity index (χ4v) is 1.75. The van der Waals surface area contributed by atoms with Crippen molar-refractivity contribution in [1.82, 2.24) is 14.6 Å². The van der Waals surface area contributed by atoms with Crippen molar-refractivity contribution in [1.29, 1.82) is 0 Å². The van der Waals surface area contributed by atoms with Crippen LogP contribution in [-0.2, 0) is 6.42 Å². The van der Waals surface area contributed by atoms with Crippen molar-refractivity contribution in [2.45, 2.75) is 6.42 Å². The van der Waals surface area contributed by atoms with Crippen LogP contribution in [-0.4, -0.2) is 14.6 Å². The summed E-state index contributed by atoms with van der Waals surface area (Å²) in [6.45, 7) is 0. The zero-order valence-corrected chi connectivity index (χ0v) is 10.0. The lowest BCUT2D eigenvalue weighted by atomic mass is 10.2. The molecule has 2 aromatic heterocycles. The van der Waals surface area contributed by atoms with Crippen molar-refractivity contribution in [3.05, 3.63) is 65.9 Å². The maximum Gasteiger partial charge on any atom is 0.155 e. The Labute approximate surface area is 109 Å². The van der Waals surface area contributed by atoms with Gasteiger partial charge in [0, 0.05) is 17.8 Å². The van der Waals surface area contributed by atoms with Crippen LogP contribution in [0.2, 0.25) is 0 Å². The number of nitrogens with zero attached hydrogens (tertiary/aromatic N) is 3. The summed E-state index contributed by atoms with van der Waals surface area (Å²) < 4.78 is 14.7. The maximum absolute atomic E-state index is 13.0. The van der Waals surface area contributed by atoms with E-state index in [1.54, 1.807) is 22.8 Å². The highest BCUT2D eigenvalue weighted by molar-refractivity contribution is 5.38. The predicted octanol–water partition coefficient (Wildman–Crippen LogP) is 2.46. The molecule has 3 rings (SSSR count). The molecule has 92 valence electrons. The molecule has 3 nitrogen and oxygen atoms in total. The molecule has 0 fully saturated rings. The number of aromatic nitrogens is 3. The Balaban J connectivity index is 1.79. The van der Waals surface area contributed by atoms with Gasteiger partial charge in [-0.05, 0) is 24.3 Å².